The molecule has 0 bridgehead atoms. The third kappa shape index (κ3) is 4.24. The number of nitrogens with one attached hydrogen (secondary N) is 1. The Labute approximate surface area is 131 Å². The fourth-order valence-electron chi connectivity index (χ4n) is 2.34. The summed E-state index contributed by atoms with van der Waals surface area (Å²) in [4.78, 5) is 35.4. The summed E-state index contributed by atoms with van der Waals surface area (Å²) < 4.78 is 26.9. The minimum absolute atomic E-state index is 0.0125. The van der Waals surface area contributed by atoms with Gasteiger partial charge in [0.1, 0.15) is 5.82 Å². The van der Waals surface area contributed by atoms with Crippen LogP contribution in [-0.4, -0.2) is 53.1 Å². The van der Waals surface area contributed by atoms with E-state index in [1.54, 1.807) is 6.07 Å². The number of aliphatic carboxylic acids is 1. The molecule has 1 aliphatic heterocycles. The van der Waals surface area contributed by atoms with Crippen molar-refractivity contribution in [3.8, 4) is 0 Å². The molecule has 1 aliphatic rings. The summed E-state index contributed by atoms with van der Waals surface area (Å²) in [6.45, 7) is -0.897. The van der Waals surface area contributed by atoms with Crippen LogP contribution in [0.1, 0.15) is 12.0 Å². The van der Waals surface area contributed by atoms with Crippen molar-refractivity contribution in [1.29, 1.82) is 0 Å². The number of carboxylic acid groups (broad SMARTS) is 1. The molecule has 2 N–H and O–H groups in total. The van der Waals surface area contributed by atoms with Gasteiger partial charge in [0.2, 0.25) is 17.5 Å². The number of hydrogen-bond donors (Lipinski definition) is 2. The van der Waals surface area contributed by atoms with Gasteiger partial charge in [-0.05, 0) is 17.7 Å². The molecule has 1 aromatic carbocycles. The molecule has 6 nitrogen and oxygen atoms in total. The fourth-order valence-corrected chi connectivity index (χ4v) is 2.34. The van der Waals surface area contributed by atoms with Gasteiger partial charge in [-0.1, -0.05) is 12.1 Å². The maximum atomic E-state index is 13.9. The first-order valence-electron chi connectivity index (χ1n) is 7.01. The van der Waals surface area contributed by atoms with E-state index in [4.69, 9.17) is 5.11 Å². The van der Waals surface area contributed by atoms with Gasteiger partial charge < -0.3 is 15.3 Å². The Morgan fingerprint density at radius 2 is 2.09 bits per heavy atom. The minimum atomic E-state index is -2.43. The first kappa shape index (κ1) is 16.9. The standard InChI is InChI=1S/C15H16F2N2O4/c16-11-3-1-2-10(6-11)7-12(20)18-8-13(21)19-5-4-15(17,9-19)14(22)23/h1-3,6H,4-5,7-9H2,(H,18,20)(H,22,23). The topological polar surface area (TPSA) is 86.7 Å². The van der Waals surface area contributed by atoms with Crippen LogP contribution >= 0.6 is 0 Å². The third-order valence-electron chi connectivity index (χ3n) is 3.65. The number of carbonyl (C=O) groups is 3. The van der Waals surface area contributed by atoms with Gasteiger partial charge in [0, 0.05) is 13.0 Å². The zero-order valence-corrected chi connectivity index (χ0v) is 12.2. The predicted octanol–water partition coefficient (Wildman–Crippen LogP) is 0.510. The van der Waals surface area contributed by atoms with Gasteiger partial charge in [0.25, 0.3) is 0 Å². The molecule has 2 amide bonds. The molecule has 1 fully saturated rings. The zero-order valence-electron chi connectivity index (χ0n) is 12.2. The molecule has 1 unspecified atom stereocenters. The van der Waals surface area contributed by atoms with Crippen LogP contribution in [0.4, 0.5) is 8.78 Å². The van der Waals surface area contributed by atoms with E-state index in [-0.39, 0.29) is 25.9 Å². The van der Waals surface area contributed by atoms with Crippen LogP contribution in [0, 0.1) is 5.82 Å². The lowest BCUT2D eigenvalue weighted by Gasteiger charge is -2.18. The second-order valence-corrected chi connectivity index (χ2v) is 5.42. The summed E-state index contributed by atoms with van der Waals surface area (Å²) in [6.07, 6.45) is -0.363. The number of benzene rings is 1. The molecular formula is C15H16F2N2O4. The summed E-state index contributed by atoms with van der Waals surface area (Å²) in [5.74, 6) is -3.09. The van der Waals surface area contributed by atoms with E-state index in [2.05, 4.69) is 5.32 Å². The Morgan fingerprint density at radius 1 is 1.35 bits per heavy atom. The summed E-state index contributed by atoms with van der Waals surface area (Å²) in [7, 11) is 0. The second-order valence-electron chi connectivity index (χ2n) is 5.42. The number of carboxylic acids is 1. The highest BCUT2D eigenvalue weighted by Crippen LogP contribution is 2.25. The second kappa shape index (κ2) is 6.72. The van der Waals surface area contributed by atoms with Crippen molar-refractivity contribution in [3.05, 3.63) is 35.6 Å². The Morgan fingerprint density at radius 3 is 2.70 bits per heavy atom. The molecule has 0 saturated carbocycles. The largest absolute Gasteiger partial charge is 0.479 e. The number of hydrogen-bond acceptors (Lipinski definition) is 3. The molecule has 2 rings (SSSR count). The van der Waals surface area contributed by atoms with Crippen LogP contribution in [0.5, 0.6) is 0 Å². The molecule has 0 radical (unpaired) electrons. The number of alkyl halides is 1. The van der Waals surface area contributed by atoms with Gasteiger partial charge in [-0.15, -0.1) is 0 Å². The monoisotopic (exact) mass is 326 g/mol. The van der Waals surface area contributed by atoms with E-state index >= 15 is 0 Å². The number of amides is 2. The molecule has 8 heteroatoms. The number of rotatable bonds is 5. The van der Waals surface area contributed by atoms with Crippen molar-refractivity contribution < 1.29 is 28.3 Å². The summed E-state index contributed by atoms with van der Waals surface area (Å²) >= 11 is 0. The van der Waals surface area contributed by atoms with Gasteiger partial charge in [-0.3, -0.25) is 9.59 Å². The van der Waals surface area contributed by atoms with Crippen molar-refractivity contribution >= 4 is 17.8 Å². The molecule has 1 heterocycles. The van der Waals surface area contributed by atoms with E-state index in [1.807, 2.05) is 0 Å². The Balaban J connectivity index is 1.81. The van der Waals surface area contributed by atoms with Gasteiger partial charge in [0.15, 0.2) is 0 Å². The maximum absolute atomic E-state index is 13.9. The Kier molecular flexibility index (Phi) is 4.92. The average Bonchev–Trinajstić information content (AvgIpc) is 2.89. The van der Waals surface area contributed by atoms with E-state index < -0.39 is 35.8 Å². The Bertz CT molecular complexity index is 638. The SMILES string of the molecule is O=C(Cc1cccc(F)c1)NCC(=O)N1CCC(F)(C(=O)O)C1. The highest BCUT2D eigenvalue weighted by atomic mass is 19.1. The number of nitrogens with zero attached hydrogens (tertiary/aromatic N) is 1. The van der Waals surface area contributed by atoms with E-state index in [0.29, 0.717) is 5.56 Å². The molecule has 1 aromatic rings. The van der Waals surface area contributed by atoms with Crippen molar-refractivity contribution in [2.45, 2.75) is 18.5 Å². The van der Waals surface area contributed by atoms with Crippen LogP contribution < -0.4 is 5.32 Å². The average molecular weight is 326 g/mol. The predicted molar refractivity (Wildman–Crippen MR) is 75.8 cm³/mol. The molecule has 1 saturated heterocycles. The molecular weight excluding hydrogens is 310 g/mol. The van der Waals surface area contributed by atoms with E-state index in [9.17, 15) is 23.2 Å². The lowest BCUT2D eigenvalue weighted by Crippen LogP contribution is -2.43. The van der Waals surface area contributed by atoms with Crippen molar-refractivity contribution in [1.82, 2.24) is 10.2 Å². The molecule has 0 spiro atoms. The number of likely N-dealkylation sites (tertiary alicyclic amines) is 1. The normalized spacial score (nSPS) is 20.3. The number of carbonyl (C=O) groups excluding carboxylic acids is 2. The van der Waals surface area contributed by atoms with Gasteiger partial charge in [-0.25, -0.2) is 13.6 Å². The fraction of sp³-hybridized carbons (Fsp3) is 0.400. The van der Waals surface area contributed by atoms with Crippen LogP contribution in [0.2, 0.25) is 0 Å². The maximum Gasteiger partial charge on any atom is 0.343 e. The van der Waals surface area contributed by atoms with Crippen LogP contribution in [-0.2, 0) is 20.8 Å². The summed E-state index contributed by atoms with van der Waals surface area (Å²) in [6, 6.07) is 5.52. The van der Waals surface area contributed by atoms with Crippen molar-refractivity contribution in [2.24, 2.45) is 0 Å². The highest BCUT2D eigenvalue weighted by molar-refractivity contribution is 5.87. The third-order valence-corrected chi connectivity index (χ3v) is 3.65. The number of halogens is 2. The van der Waals surface area contributed by atoms with Gasteiger partial charge in [-0.2, -0.15) is 0 Å². The van der Waals surface area contributed by atoms with Crippen LogP contribution in [0.15, 0.2) is 24.3 Å². The minimum Gasteiger partial charge on any atom is -0.479 e. The van der Waals surface area contributed by atoms with Gasteiger partial charge in [0.05, 0.1) is 19.5 Å². The lowest BCUT2D eigenvalue weighted by atomic mass is 10.1. The molecule has 0 aliphatic carbocycles. The first-order chi connectivity index (χ1) is 10.8. The lowest BCUT2D eigenvalue weighted by molar-refractivity contribution is -0.150. The zero-order chi connectivity index (χ0) is 17.0. The van der Waals surface area contributed by atoms with Crippen LogP contribution in [0.3, 0.4) is 0 Å². The molecule has 124 valence electrons. The quantitative estimate of drug-likeness (QED) is 0.825. The van der Waals surface area contributed by atoms with E-state index in [0.717, 1.165) is 4.90 Å². The Hall–Kier alpha value is -2.51. The first-order valence-corrected chi connectivity index (χ1v) is 7.01. The smallest absolute Gasteiger partial charge is 0.343 e. The van der Waals surface area contributed by atoms with Crippen molar-refractivity contribution in [2.75, 3.05) is 19.6 Å². The molecule has 23 heavy (non-hydrogen) atoms. The van der Waals surface area contributed by atoms with Crippen LogP contribution in [0.25, 0.3) is 0 Å². The highest BCUT2D eigenvalue weighted by Gasteiger charge is 2.46. The van der Waals surface area contributed by atoms with Gasteiger partial charge >= 0.3 is 5.97 Å². The van der Waals surface area contributed by atoms with E-state index in [1.165, 1.54) is 18.2 Å². The molecule has 1 atom stereocenters. The van der Waals surface area contributed by atoms with Crippen molar-refractivity contribution in [3.63, 3.8) is 0 Å². The molecule has 0 aromatic heterocycles. The summed E-state index contributed by atoms with van der Waals surface area (Å²) in [5, 5.41) is 11.1. The summed E-state index contributed by atoms with van der Waals surface area (Å²) in [5.41, 5.74) is -1.97.